The van der Waals surface area contributed by atoms with Crippen molar-refractivity contribution in [2.45, 2.75) is 27.3 Å². The molecule has 0 aliphatic rings. The van der Waals surface area contributed by atoms with Gasteiger partial charge < -0.3 is 9.84 Å². The molecule has 0 radical (unpaired) electrons. The summed E-state index contributed by atoms with van der Waals surface area (Å²) in [6.07, 6.45) is 0. The number of thiophene rings is 1. The molecule has 0 aliphatic carbocycles. The van der Waals surface area contributed by atoms with Gasteiger partial charge in [0, 0.05) is 15.3 Å². The molecule has 2 aromatic rings. The van der Waals surface area contributed by atoms with E-state index in [2.05, 4.69) is 31.4 Å². The molecule has 2 rings (SSSR count). The number of aromatic nitrogens is 2. The number of hydrogen-bond donors (Lipinski definition) is 1. The molecule has 0 aromatic carbocycles. The fourth-order valence-corrected chi connectivity index (χ4v) is 2.63. The fraction of sp³-hybridized carbons (Fsp3) is 0.417. The van der Waals surface area contributed by atoms with Crippen LogP contribution in [0, 0.1) is 5.41 Å². The zero-order valence-corrected chi connectivity index (χ0v) is 13.3. The lowest BCUT2D eigenvalue weighted by molar-refractivity contribution is -0.128. The van der Waals surface area contributed by atoms with E-state index in [-0.39, 0.29) is 12.5 Å². The van der Waals surface area contributed by atoms with Crippen LogP contribution in [-0.4, -0.2) is 16.0 Å². The molecule has 2 aromatic heterocycles. The second kappa shape index (κ2) is 5.42. The maximum Gasteiger partial charge on any atom is 0.246 e. The van der Waals surface area contributed by atoms with Gasteiger partial charge in [-0.05, 0) is 22.0 Å². The van der Waals surface area contributed by atoms with Crippen molar-refractivity contribution in [1.82, 2.24) is 15.5 Å². The SMILES string of the molecule is CC(C)(C)C(=O)NCc1nc(-c2cc(Br)cs2)no1. The minimum absolute atomic E-state index is 0.0499. The Bertz CT molecular complexity index is 586. The Hall–Kier alpha value is -1.21. The Morgan fingerprint density at radius 2 is 2.26 bits per heavy atom. The standard InChI is InChI=1S/C12H14BrN3O2S/c1-12(2,3)11(17)14-5-9-15-10(16-18-9)8-4-7(13)6-19-8/h4,6H,5H2,1-3H3,(H,14,17). The zero-order chi connectivity index (χ0) is 14.0. The molecule has 1 N–H and O–H groups in total. The molecule has 7 heteroatoms. The van der Waals surface area contributed by atoms with E-state index >= 15 is 0 Å². The molecule has 0 saturated heterocycles. The van der Waals surface area contributed by atoms with Crippen molar-refractivity contribution in [2.75, 3.05) is 0 Å². The highest BCUT2D eigenvalue weighted by Crippen LogP contribution is 2.27. The van der Waals surface area contributed by atoms with Crippen molar-refractivity contribution in [2.24, 2.45) is 5.41 Å². The number of hydrogen-bond acceptors (Lipinski definition) is 5. The van der Waals surface area contributed by atoms with Gasteiger partial charge in [-0.25, -0.2) is 0 Å². The lowest BCUT2D eigenvalue weighted by Gasteiger charge is -2.16. The summed E-state index contributed by atoms with van der Waals surface area (Å²) < 4.78 is 6.09. The maximum atomic E-state index is 11.7. The summed E-state index contributed by atoms with van der Waals surface area (Å²) in [6.45, 7) is 5.80. The maximum absolute atomic E-state index is 11.7. The molecule has 0 bridgehead atoms. The summed E-state index contributed by atoms with van der Waals surface area (Å²) >= 11 is 4.90. The van der Waals surface area contributed by atoms with E-state index in [9.17, 15) is 4.79 Å². The summed E-state index contributed by atoms with van der Waals surface area (Å²) in [4.78, 5) is 16.9. The predicted molar refractivity (Wildman–Crippen MR) is 76.6 cm³/mol. The molecule has 0 spiro atoms. The second-order valence-corrected chi connectivity index (χ2v) is 6.90. The molecule has 0 saturated carbocycles. The van der Waals surface area contributed by atoms with Gasteiger partial charge in [0.2, 0.25) is 17.6 Å². The summed E-state index contributed by atoms with van der Waals surface area (Å²) in [5.41, 5.74) is -0.429. The van der Waals surface area contributed by atoms with Crippen LogP contribution in [-0.2, 0) is 11.3 Å². The first-order valence-corrected chi connectivity index (χ1v) is 7.39. The lowest BCUT2D eigenvalue weighted by Crippen LogP contribution is -2.34. The first kappa shape index (κ1) is 14.2. The van der Waals surface area contributed by atoms with Crippen LogP contribution in [0.1, 0.15) is 26.7 Å². The largest absolute Gasteiger partial charge is 0.347 e. The molecule has 0 fully saturated rings. The third-order valence-corrected chi connectivity index (χ3v) is 4.02. The highest BCUT2D eigenvalue weighted by molar-refractivity contribution is 9.10. The van der Waals surface area contributed by atoms with Crippen LogP contribution < -0.4 is 5.32 Å². The second-order valence-electron chi connectivity index (χ2n) is 5.07. The highest BCUT2D eigenvalue weighted by atomic mass is 79.9. The van der Waals surface area contributed by atoms with Gasteiger partial charge in [-0.3, -0.25) is 4.79 Å². The third-order valence-electron chi connectivity index (χ3n) is 2.34. The molecule has 5 nitrogen and oxygen atoms in total. The molecule has 0 atom stereocenters. The molecule has 0 unspecified atom stereocenters. The van der Waals surface area contributed by atoms with Gasteiger partial charge in [0.05, 0.1) is 11.4 Å². The van der Waals surface area contributed by atoms with Gasteiger partial charge in [-0.15, -0.1) is 11.3 Å². The fourth-order valence-electron chi connectivity index (χ4n) is 1.28. The summed E-state index contributed by atoms with van der Waals surface area (Å²) in [6, 6.07) is 1.92. The number of halogens is 1. The number of nitrogens with zero attached hydrogens (tertiary/aromatic N) is 2. The van der Waals surface area contributed by atoms with E-state index < -0.39 is 5.41 Å². The molecule has 0 aliphatic heterocycles. The van der Waals surface area contributed by atoms with Crippen LogP contribution in [0.2, 0.25) is 0 Å². The van der Waals surface area contributed by atoms with E-state index in [4.69, 9.17) is 4.52 Å². The van der Waals surface area contributed by atoms with Gasteiger partial charge >= 0.3 is 0 Å². The van der Waals surface area contributed by atoms with Crippen molar-refractivity contribution < 1.29 is 9.32 Å². The quantitative estimate of drug-likeness (QED) is 0.928. The van der Waals surface area contributed by atoms with E-state index in [0.29, 0.717) is 11.7 Å². The minimum atomic E-state index is -0.429. The summed E-state index contributed by atoms with van der Waals surface area (Å²) in [5, 5.41) is 8.61. The van der Waals surface area contributed by atoms with Crippen molar-refractivity contribution in [3.63, 3.8) is 0 Å². The van der Waals surface area contributed by atoms with Gasteiger partial charge in [0.15, 0.2) is 0 Å². The van der Waals surface area contributed by atoms with Gasteiger partial charge in [0.25, 0.3) is 0 Å². The van der Waals surface area contributed by atoms with Crippen molar-refractivity contribution in [3.8, 4) is 10.7 Å². The lowest BCUT2D eigenvalue weighted by atomic mass is 9.96. The first-order chi connectivity index (χ1) is 8.86. The van der Waals surface area contributed by atoms with Crippen LogP contribution >= 0.6 is 27.3 Å². The molecular weight excluding hydrogens is 330 g/mol. The average molecular weight is 344 g/mol. The molecule has 1 amide bonds. The number of amides is 1. The Morgan fingerprint density at radius 3 is 2.84 bits per heavy atom. The van der Waals surface area contributed by atoms with E-state index in [0.717, 1.165) is 9.35 Å². The molecule has 102 valence electrons. The highest BCUT2D eigenvalue weighted by Gasteiger charge is 2.21. The Kier molecular flexibility index (Phi) is 4.05. The Balaban J connectivity index is 2.00. The van der Waals surface area contributed by atoms with Gasteiger partial charge in [0.1, 0.15) is 0 Å². The van der Waals surface area contributed by atoms with Gasteiger partial charge in [-0.1, -0.05) is 25.9 Å². The number of carbonyl (C=O) groups is 1. The van der Waals surface area contributed by atoms with Crippen LogP contribution in [0.4, 0.5) is 0 Å². The summed E-state index contributed by atoms with van der Waals surface area (Å²) in [7, 11) is 0. The smallest absolute Gasteiger partial charge is 0.246 e. The number of nitrogens with one attached hydrogen (secondary N) is 1. The monoisotopic (exact) mass is 343 g/mol. The third kappa shape index (κ3) is 3.63. The molecular formula is C12H14BrN3O2S. The Labute approximate surface area is 123 Å². The first-order valence-electron chi connectivity index (χ1n) is 5.71. The number of rotatable bonds is 3. The van der Waals surface area contributed by atoms with Crippen molar-refractivity contribution >= 4 is 33.2 Å². The molecule has 2 heterocycles. The van der Waals surface area contributed by atoms with Crippen molar-refractivity contribution in [1.29, 1.82) is 0 Å². The van der Waals surface area contributed by atoms with Crippen LogP contribution in [0.15, 0.2) is 20.4 Å². The Morgan fingerprint density at radius 1 is 1.53 bits per heavy atom. The van der Waals surface area contributed by atoms with E-state index in [1.54, 1.807) is 0 Å². The summed E-state index contributed by atoms with van der Waals surface area (Å²) in [5.74, 6) is 0.888. The molecule has 19 heavy (non-hydrogen) atoms. The zero-order valence-electron chi connectivity index (χ0n) is 10.9. The van der Waals surface area contributed by atoms with Crippen molar-refractivity contribution in [3.05, 3.63) is 21.8 Å². The average Bonchev–Trinajstić information content (AvgIpc) is 2.93. The minimum Gasteiger partial charge on any atom is -0.347 e. The van der Waals surface area contributed by atoms with Crippen LogP contribution in [0.5, 0.6) is 0 Å². The van der Waals surface area contributed by atoms with Crippen LogP contribution in [0.25, 0.3) is 10.7 Å². The predicted octanol–water partition coefficient (Wildman–Crippen LogP) is 3.22. The normalized spacial score (nSPS) is 11.6. The number of carbonyl (C=O) groups excluding carboxylic acids is 1. The van der Waals surface area contributed by atoms with Gasteiger partial charge in [-0.2, -0.15) is 4.98 Å². The van der Waals surface area contributed by atoms with E-state index in [1.165, 1.54) is 11.3 Å². The topological polar surface area (TPSA) is 68.0 Å². The van der Waals surface area contributed by atoms with E-state index in [1.807, 2.05) is 32.2 Å². The van der Waals surface area contributed by atoms with Crippen LogP contribution in [0.3, 0.4) is 0 Å².